The number of aliphatic hydroxyl groups is 1. The van der Waals surface area contributed by atoms with Crippen LogP contribution in [0, 0.1) is 0 Å². The molecule has 3 aromatic carbocycles. The van der Waals surface area contributed by atoms with Crippen LogP contribution >= 0.6 is 0 Å². The lowest BCUT2D eigenvalue weighted by Crippen LogP contribution is -1.99. The van der Waals surface area contributed by atoms with Crippen LogP contribution < -0.4 is 9.47 Å². The predicted molar refractivity (Wildman–Crippen MR) is 101 cm³/mol. The van der Waals surface area contributed by atoms with Gasteiger partial charge < -0.3 is 14.6 Å². The normalized spacial score (nSPS) is 18.3. The van der Waals surface area contributed by atoms with Gasteiger partial charge in [0, 0.05) is 12.0 Å². The van der Waals surface area contributed by atoms with Crippen molar-refractivity contribution in [1.82, 2.24) is 0 Å². The molecular weight excluding hydrogens is 324 g/mol. The molecule has 0 heterocycles. The molecule has 1 saturated carbocycles. The summed E-state index contributed by atoms with van der Waals surface area (Å²) in [5.41, 5.74) is 3.32. The molecule has 2 unspecified atom stereocenters. The van der Waals surface area contributed by atoms with Crippen LogP contribution in [0.5, 0.6) is 11.5 Å². The summed E-state index contributed by atoms with van der Waals surface area (Å²) < 4.78 is 12.0. The molecule has 3 heteroatoms. The molecule has 0 saturated heterocycles. The summed E-state index contributed by atoms with van der Waals surface area (Å²) in [4.78, 5) is 0. The third kappa shape index (κ3) is 4.24. The lowest BCUT2D eigenvalue weighted by atomic mass is 10.1. The monoisotopic (exact) mass is 346 g/mol. The molecule has 0 amide bonds. The fourth-order valence-corrected chi connectivity index (χ4v) is 3.00. The van der Waals surface area contributed by atoms with Gasteiger partial charge >= 0.3 is 0 Å². The van der Waals surface area contributed by atoms with Gasteiger partial charge in [-0.25, -0.2) is 0 Å². The van der Waals surface area contributed by atoms with E-state index < -0.39 is 0 Å². The van der Waals surface area contributed by atoms with Crippen LogP contribution in [0.4, 0.5) is 0 Å². The number of ether oxygens (including phenoxy) is 2. The molecule has 132 valence electrons. The summed E-state index contributed by atoms with van der Waals surface area (Å²) in [5, 5.41) is 9.80. The zero-order valence-corrected chi connectivity index (χ0v) is 14.5. The highest BCUT2D eigenvalue weighted by Crippen LogP contribution is 2.43. The maximum absolute atomic E-state index is 9.80. The Kier molecular flexibility index (Phi) is 4.89. The molecule has 0 aliphatic heterocycles. The summed E-state index contributed by atoms with van der Waals surface area (Å²) >= 11 is 0. The Bertz CT molecular complexity index is 784. The minimum absolute atomic E-state index is 0.189. The molecule has 2 atom stereocenters. The molecule has 0 spiro atoms. The Balaban J connectivity index is 1.49. The Morgan fingerprint density at radius 1 is 0.731 bits per heavy atom. The highest BCUT2D eigenvalue weighted by Gasteiger charge is 2.37. The first-order valence-electron chi connectivity index (χ1n) is 8.94. The second kappa shape index (κ2) is 7.63. The lowest BCUT2D eigenvalue weighted by molar-refractivity contribution is 0.270. The van der Waals surface area contributed by atoms with Crippen LogP contribution in [0.3, 0.4) is 0 Å². The molecule has 1 fully saturated rings. The summed E-state index contributed by atoms with van der Waals surface area (Å²) in [7, 11) is 0. The third-order valence-electron chi connectivity index (χ3n) is 4.58. The van der Waals surface area contributed by atoms with Crippen molar-refractivity contribution in [2.24, 2.45) is 0 Å². The minimum Gasteiger partial charge on any atom is -0.489 e. The lowest BCUT2D eigenvalue weighted by Gasteiger charge is -2.13. The van der Waals surface area contributed by atoms with Crippen LogP contribution in [-0.2, 0) is 13.2 Å². The average molecular weight is 346 g/mol. The number of hydrogen-bond acceptors (Lipinski definition) is 3. The Morgan fingerprint density at radius 2 is 1.19 bits per heavy atom. The van der Waals surface area contributed by atoms with E-state index >= 15 is 0 Å². The van der Waals surface area contributed by atoms with Crippen LogP contribution in [-0.4, -0.2) is 11.2 Å². The molecule has 0 radical (unpaired) electrons. The van der Waals surface area contributed by atoms with Crippen LogP contribution in [0.2, 0.25) is 0 Å². The van der Waals surface area contributed by atoms with Crippen molar-refractivity contribution >= 4 is 0 Å². The molecule has 1 N–H and O–H groups in total. The van der Waals surface area contributed by atoms with Gasteiger partial charge in [-0.15, -0.1) is 0 Å². The maximum Gasteiger partial charge on any atom is 0.123 e. The Morgan fingerprint density at radius 3 is 1.62 bits per heavy atom. The second-order valence-corrected chi connectivity index (χ2v) is 6.70. The smallest absolute Gasteiger partial charge is 0.123 e. The summed E-state index contributed by atoms with van der Waals surface area (Å²) in [6, 6.07) is 26.1. The van der Waals surface area contributed by atoms with E-state index in [0.29, 0.717) is 13.2 Å². The quantitative estimate of drug-likeness (QED) is 0.674. The molecular formula is C23H22O3. The van der Waals surface area contributed by atoms with Crippen molar-refractivity contribution in [2.75, 3.05) is 0 Å². The van der Waals surface area contributed by atoms with E-state index in [9.17, 15) is 5.11 Å². The number of rotatable bonds is 7. The molecule has 3 aromatic rings. The van der Waals surface area contributed by atoms with Crippen LogP contribution in [0.25, 0.3) is 0 Å². The van der Waals surface area contributed by atoms with E-state index in [0.717, 1.165) is 34.6 Å². The van der Waals surface area contributed by atoms with Crippen molar-refractivity contribution in [3.8, 4) is 11.5 Å². The van der Waals surface area contributed by atoms with E-state index in [-0.39, 0.29) is 12.0 Å². The highest BCUT2D eigenvalue weighted by atomic mass is 16.5. The van der Waals surface area contributed by atoms with Gasteiger partial charge in [-0.3, -0.25) is 0 Å². The van der Waals surface area contributed by atoms with Crippen molar-refractivity contribution in [3.05, 3.63) is 95.6 Å². The number of benzene rings is 3. The second-order valence-electron chi connectivity index (χ2n) is 6.70. The number of hydrogen-bond donors (Lipinski definition) is 1. The first-order valence-corrected chi connectivity index (χ1v) is 8.94. The summed E-state index contributed by atoms with van der Waals surface area (Å²) in [5.74, 6) is 1.73. The van der Waals surface area contributed by atoms with Crippen molar-refractivity contribution in [1.29, 1.82) is 0 Å². The SMILES string of the molecule is OC1CC1c1cc(OCc2ccccc2)cc(OCc2ccccc2)c1. The van der Waals surface area contributed by atoms with Gasteiger partial charge in [0.1, 0.15) is 24.7 Å². The average Bonchev–Trinajstić information content (AvgIpc) is 3.43. The molecule has 0 aromatic heterocycles. The van der Waals surface area contributed by atoms with Gasteiger partial charge in [-0.2, -0.15) is 0 Å². The summed E-state index contributed by atoms with van der Waals surface area (Å²) in [6.07, 6.45) is 0.557. The van der Waals surface area contributed by atoms with E-state index in [4.69, 9.17) is 9.47 Å². The Labute approximate surface area is 153 Å². The van der Waals surface area contributed by atoms with Gasteiger partial charge in [0.05, 0.1) is 6.10 Å². The van der Waals surface area contributed by atoms with Gasteiger partial charge in [0.2, 0.25) is 0 Å². The fraction of sp³-hybridized carbons (Fsp3) is 0.217. The predicted octanol–water partition coefficient (Wildman–Crippen LogP) is 4.69. The van der Waals surface area contributed by atoms with E-state index in [1.54, 1.807) is 0 Å². The standard InChI is InChI=1S/C23H22O3/c24-23-14-22(23)19-11-20(25-15-17-7-3-1-4-8-17)13-21(12-19)26-16-18-9-5-2-6-10-18/h1-13,22-24H,14-16H2. The summed E-state index contributed by atoms with van der Waals surface area (Å²) in [6.45, 7) is 1.02. The molecule has 1 aliphatic carbocycles. The largest absolute Gasteiger partial charge is 0.489 e. The van der Waals surface area contributed by atoms with Gasteiger partial charge in [-0.1, -0.05) is 60.7 Å². The number of aliphatic hydroxyl groups excluding tert-OH is 1. The highest BCUT2D eigenvalue weighted by molar-refractivity contribution is 5.42. The van der Waals surface area contributed by atoms with E-state index in [2.05, 4.69) is 0 Å². The zero-order chi connectivity index (χ0) is 17.8. The van der Waals surface area contributed by atoms with Crippen LogP contribution in [0.1, 0.15) is 29.0 Å². The van der Waals surface area contributed by atoms with Crippen molar-refractivity contribution in [3.63, 3.8) is 0 Å². The zero-order valence-electron chi connectivity index (χ0n) is 14.5. The molecule has 26 heavy (non-hydrogen) atoms. The van der Waals surface area contributed by atoms with Gasteiger partial charge in [0.15, 0.2) is 0 Å². The molecule has 4 rings (SSSR count). The van der Waals surface area contributed by atoms with Gasteiger partial charge in [-0.05, 0) is 35.2 Å². The van der Waals surface area contributed by atoms with Crippen molar-refractivity contribution in [2.45, 2.75) is 31.7 Å². The first kappa shape index (κ1) is 16.7. The Hall–Kier alpha value is -2.78. The minimum atomic E-state index is -0.249. The van der Waals surface area contributed by atoms with E-state index in [1.807, 2.05) is 78.9 Å². The molecule has 1 aliphatic rings. The maximum atomic E-state index is 9.80. The molecule has 0 bridgehead atoms. The molecule has 3 nitrogen and oxygen atoms in total. The first-order chi connectivity index (χ1) is 12.8. The van der Waals surface area contributed by atoms with E-state index in [1.165, 1.54) is 0 Å². The van der Waals surface area contributed by atoms with Crippen molar-refractivity contribution < 1.29 is 14.6 Å². The fourth-order valence-electron chi connectivity index (χ4n) is 3.00. The topological polar surface area (TPSA) is 38.7 Å². The van der Waals surface area contributed by atoms with Gasteiger partial charge in [0.25, 0.3) is 0 Å². The third-order valence-corrected chi connectivity index (χ3v) is 4.58. The van der Waals surface area contributed by atoms with Crippen LogP contribution in [0.15, 0.2) is 78.9 Å².